The van der Waals surface area contributed by atoms with E-state index in [9.17, 15) is 5.26 Å². The highest BCUT2D eigenvalue weighted by Crippen LogP contribution is 2.31. The molecule has 0 saturated carbocycles. The summed E-state index contributed by atoms with van der Waals surface area (Å²) in [6.45, 7) is 0.802. The monoisotopic (exact) mass is 248 g/mol. The Morgan fingerprint density at radius 1 is 1.05 bits per heavy atom. The van der Waals surface area contributed by atoms with Crippen molar-refractivity contribution in [1.29, 1.82) is 5.26 Å². The fraction of sp³-hybridized carbons (Fsp3) is 0.235. The molecule has 1 heterocycles. The summed E-state index contributed by atoms with van der Waals surface area (Å²) in [5, 5.41) is 9.37. The first kappa shape index (κ1) is 11.8. The number of hydrogen-bond donors (Lipinski definition) is 0. The Morgan fingerprint density at radius 3 is 2.58 bits per heavy atom. The van der Waals surface area contributed by atoms with Crippen LogP contribution in [-0.4, -0.2) is 6.04 Å². The molecule has 2 aromatic rings. The number of fused-ring (bicyclic) bond motifs is 1. The second kappa shape index (κ2) is 5.16. The van der Waals surface area contributed by atoms with E-state index < -0.39 is 0 Å². The van der Waals surface area contributed by atoms with E-state index in [0.717, 1.165) is 19.4 Å². The van der Waals surface area contributed by atoms with Gasteiger partial charge in [-0.2, -0.15) is 5.26 Å². The highest BCUT2D eigenvalue weighted by atomic mass is 15.2. The van der Waals surface area contributed by atoms with Gasteiger partial charge in [0.15, 0.2) is 0 Å². The normalized spacial score (nSPS) is 17.6. The Bertz CT molecular complexity index is 598. The maximum absolute atomic E-state index is 9.37. The molecular formula is C17H16N2. The molecule has 0 unspecified atom stereocenters. The third-order valence-electron chi connectivity index (χ3n) is 3.71. The predicted molar refractivity (Wildman–Crippen MR) is 76.8 cm³/mol. The molecule has 2 heteroatoms. The van der Waals surface area contributed by atoms with E-state index >= 15 is 0 Å². The smallest absolute Gasteiger partial charge is 0.117 e. The predicted octanol–water partition coefficient (Wildman–Crippen LogP) is 3.53. The highest BCUT2D eigenvalue weighted by molar-refractivity contribution is 5.58. The molecule has 0 fully saturated rings. The number of hydrogen-bond acceptors (Lipinski definition) is 2. The minimum atomic E-state index is -0.0184. The molecular weight excluding hydrogens is 232 g/mol. The Morgan fingerprint density at radius 2 is 1.79 bits per heavy atom. The number of nitriles is 1. The van der Waals surface area contributed by atoms with Crippen LogP contribution in [0.25, 0.3) is 0 Å². The van der Waals surface area contributed by atoms with Crippen LogP contribution < -0.4 is 4.90 Å². The number of anilines is 1. The van der Waals surface area contributed by atoms with Crippen molar-refractivity contribution in [2.24, 2.45) is 0 Å². The molecule has 0 amide bonds. The summed E-state index contributed by atoms with van der Waals surface area (Å²) >= 11 is 0. The van der Waals surface area contributed by atoms with Crippen molar-refractivity contribution in [3.05, 3.63) is 65.7 Å². The molecule has 0 bridgehead atoms. The first-order valence-corrected chi connectivity index (χ1v) is 6.66. The SMILES string of the molecule is N#C[C@H]1CCc2ccccc2N1Cc1ccccc1. The maximum Gasteiger partial charge on any atom is 0.117 e. The second-order valence-electron chi connectivity index (χ2n) is 4.93. The summed E-state index contributed by atoms with van der Waals surface area (Å²) in [7, 11) is 0. The fourth-order valence-corrected chi connectivity index (χ4v) is 2.73. The van der Waals surface area contributed by atoms with Crippen molar-refractivity contribution < 1.29 is 0 Å². The molecule has 1 aliphatic heterocycles. The van der Waals surface area contributed by atoms with Gasteiger partial charge in [0, 0.05) is 12.2 Å². The summed E-state index contributed by atoms with van der Waals surface area (Å²) in [6.07, 6.45) is 1.92. The van der Waals surface area contributed by atoms with Gasteiger partial charge >= 0.3 is 0 Å². The minimum absolute atomic E-state index is 0.0184. The molecule has 0 aromatic heterocycles. The van der Waals surface area contributed by atoms with Crippen molar-refractivity contribution in [1.82, 2.24) is 0 Å². The van der Waals surface area contributed by atoms with E-state index in [-0.39, 0.29) is 6.04 Å². The van der Waals surface area contributed by atoms with Crippen molar-refractivity contribution in [2.45, 2.75) is 25.4 Å². The van der Waals surface area contributed by atoms with Gasteiger partial charge in [-0.25, -0.2) is 0 Å². The summed E-state index contributed by atoms with van der Waals surface area (Å²) in [5.74, 6) is 0. The highest BCUT2D eigenvalue weighted by Gasteiger charge is 2.25. The summed E-state index contributed by atoms with van der Waals surface area (Å²) in [6, 6.07) is 21.2. The Hall–Kier alpha value is -2.27. The van der Waals surface area contributed by atoms with Gasteiger partial charge in [0.05, 0.1) is 6.07 Å². The lowest BCUT2D eigenvalue weighted by Crippen LogP contribution is -2.37. The van der Waals surface area contributed by atoms with Crippen LogP contribution in [0.3, 0.4) is 0 Å². The van der Waals surface area contributed by atoms with Crippen LogP contribution in [0, 0.1) is 11.3 Å². The molecule has 0 saturated heterocycles. The molecule has 1 atom stereocenters. The quantitative estimate of drug-likeness (QED) is 0.813. The standard InChI is InChI=1S/C17H16N2/c18-12-16-11-10-15-8-4-5-9-17(15)19(16)13-14-6-2-1-3-7-14/h1-9,16H,10-11,13H2/t16-/m1/s1. The molecule has 0 N–H and O–H groups in total. The average Bonchev–Trinajstić information content (AvgIpc) is 2.49. The van der Waals surface area contributed by atoms with E-state index in [1.807, 2.05) is 18.2 Å². The number of nitrogens with zero attached hydrogens (tertiary/aromatic N) is 2. The molecule has 0 aliphatic carbocycles. The Balaban J connectivity index is 1.95. The van der Waals surface area contributed by atoms with Gasteiger partial charge in [0.25, 0.3) is 0 Å². The summed E-state index contributed by atoms with van der Waals surface area (Å²) < 4.78 is 0. The largest absolute Gasteiger partial charge is 0.351 e. The van der Waals surface area contributed by atoms with Crippen LogP contribution in [0.4, 0.5) is 5.69 Å². The molecule has 0 radical (unpaired) electrons. The molecule has 2 aromatic carbocycles. The maximum atomic E-state index is 9.37. The first-order valence-electron chi connectivity index (χ1n) is 6.66. The molecule has 2 nitrogen and oxygen atoms in total. The van der Waals surface area contributed by atoms with Crippen molar-refractivity contribution >= 4 is 5.69 Å². The van der Waals surface area contributed by atoms with Gasteiger partial charge < -0.3 is 4.90 Å². The number of benzene rings is 2. The lowest BCUT2D eigenvalue weighted by Gasteiger charge is -2.35. The zero-order valence-electron chi connectivity index (χ0n) is 10.8. The van der Waals surface area contributed by atoms with E-state index in [1.165, 1.54) is 16.8 Å². The number of para-hydroxylation sites is 1. The summed E-state index contributed by atoms with van der Waals surface area (Å²) in [5.41, 5.74) is 3.81. The van der Waals surface area contributed by atoms with Gasteiger partial charge in [0.2, 0.25) is 0 Å². The summed E-state index contributed by atoms with van der Waals surface area (Å²) in [4.78, 5) is 2.23. The van der Waals surface area contributed by atoms with Crippen LogP contribution in [0.1, 0.15) is 17.5 Å². The lowest BCUT2D eigenvalue weighted by atomic mass is 9.96. The van der Waals surface area contributed by atoms with Crippen molar-refractivity contribution in [3.8, 4) is 6.07 Å². The van der Waals surface area contributed by atoms with E-state index in [2.05, 4.69) is 47.4 Å². The van der Waals surface area contributed by atoms with Crippen LogP contribution in [-0.2, 0) is 13.0 Å². The third-order valence-corrected chi connectivity index (χ3v) is 3.71. The van der Waals surface area contributed by atoms with E-state index in [4.69, 9.17) is 0 Å². The lowest BCUT2D eigenvalue weighted by molar-refractivity contribution is 0.610. The van der Waals surface area contributed by atoms with Gasteiger partial charge in [-0.3, -0.25) is 0 Å². The minimum Gasteiger partial charge on any atom is -0.351 e. The van der Waals surface area contributed by atoms with Crippen LogP contribution in [0.15, 0.2) is 54.6 Å². The average molecular weight is 248 g/mol. The van der Waals surface area contributed by atoms with Gasteiger partial charge in [0.1, 0.15) is 6.04 Å². The van der Waals surface area contributed by atoms with Crippen molar-refractivity contribution in [3.63, 3.8) is 0 Å². The molecule has 3 rings (SSSR count). The number of rotatable bonds is 2. The zero-order chi connectivity index (χ0) is 13.1. The Kier molecular flexibility index (Phi) is 3.20. The second-order valence-corrected chi connectivity index (χ2v) is 4.93. The number of aryl methyl sites for hydroxylation is 1. The molecule has 0 spiro atoms. The fourth-order valence-electron chi connectivity index (χ4n) is 2.73. The van der Waals surface area contributed by atoms with Crippen LogP contribution in [0.5, 0.6) is 0 Å². The van der Waals surface area contributed by atoms with Gasteiger partial charge in [-0.05, 0) is 30.0 Å². The van der Waals surface area contributed by atoms with Crippen LogP contribution in [0.2, 0.25) is 0 Å². The topological polar surface area (TPSA) is 27.0 Å². The van der Waals surface area contributed by atoms with E-state index in [0.29, 0.717) is 0 Å². The molecule has 1 aliphatic rings. The molecule has 94 valence electrons. The van der Waals surface area contributed by atoms with Gasteiger partial charge in [-0.1, -0.05) is 48.5 Å². The zero-order valence-corrected chi connectivity index (χ0v) is 10.8. The Labute approximate surface area is 113 Å². The van der Waals surface area contributed by atoms with E-state index in [1.54, 1.807) is 0 Å². The van der Waals surface area contributed by atoms with Crippen molar-refractivity contribution in [2.75, 3.05) is 4.90 Å². The first-order chi connectivity index (χ1) is 9.38. The van der Waals surface area contributed by atoms with Crippen LogP contribution >= 0.6 is 0 Å². The molecule has 19 heavy (non-hydrogen) atoms. The van der Waals surface area contributed by atoms with Gasteiger partial charge in [-0.15, -0.1) is 0 Å². The third kappa shape index (κ3) is 2.32.